The number of rotatable bonds is 4. The Kier molecular flexibility index (Phi) is 4.88. The van der Waals surface area contributed by atoms with Gasteiger partial charge < -0.3 is 9.47 Å². The third-order valence-electron chi connectivity index (χ3n) is 3.89. The molecule has 0 aromatic heterocycles. The van der Waals surface area contributed by atoms with Crippen LogP contribution >= 0.6 is 0 Å². The number of nitrogens with zero attached hydrogens (tertiary/aromatic N) is 2. The summed E-state index contributed by atoms with van der Waals surface area (Å²) < 4.78 is 10.6. The van der Waals surface area contributed by atoms with E-state index in [1.165, 1.54) is 19.3 Å². The lowest BCUT2D eigenvalue weighted by Gasteiger charge is -2.36. The highest BCUT2D eigenvalue weighted by molar-refractivity contribution is 5.80. The lowest BCUT2D eigenvalue weighted by atomic mass is 10.00. The van der Waals surface area contributed by atoms with Gasteiger partial charge in [-0.05, 0) is 56.9 Å². The van der Waals surface area contributed by atoms with Crippen LogP contribution in [0.3, 0.4) is 0 Å². The average Bonchev–Trinajstić information content (AvgIpc) is 2.46. The average molecular weight is 276 g/mol. The van der Waals surface area contributed by atoms with Gasteiger partial charge in [0.05, 0.1) is 20.4 Å². The Labute approximate surface area is 121 Å². The molecule has 0 radical (unpaired) electrons. The van der Waals surface area contributed by atoms with E-state index in [0.29, 0.717) is 12.1 Å². The summed E-state index contributed by atoms with van der Waals surface area (Å²) in [5.74, 6) is 1.47. The molecule has 0 amide bonds. The summed E-state index contributed by atoms with van der Waals surface area (Å²) in [5.41, 5.74) is 1.02. The maximum atomic E-state index is 5.31. The van der Waals surface area contributed by atoms with Gasteiger partial charge in [0.1, 0.15) is 0 Å². The molecule has 1 heterocycles. The third-order valence-corrected chi connectivity index (χ3v) is 3.89. The molecule has 1 saturated heterocycles. The Bertz CT molecular complexity index is 464. The molecule has 0 aliphatic carbocycles. The van der Waals surface area contributed by atoms with E-state index in [1.54, 1.807) is 14.2 Å². The summed E-state index contributed by atoms with van der Waals surface area (Å²) >= 11 is 0. The van der Waals surface area contributed by atoms with Crippen molar-refractivity contribution in [1.82, 2.24) is 5.01 Å². The monoisotopic (exact) mass is 276 g/mol. The maximum absolute atomic E-state index is 5.31. The Morgan fingerprint density at radius 2 is 1.75 bits per heavy atom. The van der Waals surface area contributed by atoms with Crippen molar-refractivity contribution in [2.45, 2.75) is 45.2 Å². The topological polar surface area (TPSA) is 34.1 Å². The van der Waals surface area contributed by atoms with Gasteiger partial charge in [0.25, 0.3) is 0 Å². The van der Waals surface area contributed by atoms with Crippen molar-refractivity contribution in [1.29, 1.82) is 0 Å². The van der Waals surface area contributed by atoms with E-state index in [4.69, 9.17) is 9.47 Å². The van der Waals surface area contributed by atoms with Gasteiger partial charge in [-0.15, -0.1) is 0 Å². The molecule has 0 unspecified atom stereocenters. The van der Waals surface area contributed by atoms with Crippen molar-refractivity contribution < 1.29 is 9.47 Å². The fourth-order valence-electron chi connectivity index (χ4n) is 2.70. The fraction of sp³-hybridized carbons (Fsp3) is 0.562. The number of piperidine rings is 1. The smallest absolute Gasteiger partial charge is 0.161 e. The first kappa shape index (κ1) is 14.7. The summed E-state index contributed by atoms with van der Waals surface area (Å²) in [5, 5.41) is 6.87. The molecule has 1 aromatic carbocycles. The highest BCUT2D eigenvalue weighted by atomic mass is 16.5. The zero-order valence-corrected chi connectivity index (χ0v) is 12.8. The summed E-state index contributed by atoms with van der Waals surface area (Å²) in [6.07, 6.45) is 5.63. The van der Waals surface area contributed by atoms with E-state index < -0.39 is 0 Å². The van der Waals surface area contributed by atoms with Crippen LogP contribution in [0.5, 0.6) is 11.5 Å². The molecule has 2 atom stereocenters. The molecule has 0 bridgehead atoms. The van der Waals surface area contributed by atoms with Crippen molar-refractivity contribution in [2.75, 3.05) is 14.2 Å². The minimum absolute atomic E-state index is 0.509. The number of benzene rings is 1. The largest absolute Gasteiger partial charge is 0.493 e. The molecule has 1 aromatic rings. The van der Waals surface area contributed by atoms with Crippen LogP contribution in [0.1, 0.15) is 38.7 Å². The van der Waals surface area contributed by atoms with E-state index in [1.807, 2.05) is 24.4 Å². The number of hydrogen-bond donors (Lipinski definition) is 0. The molecule has 4 nitrogen and oxygen atoms in total. The Morgan fingerprint density at radius 3 is 2.35 bits per heavy atom. The van der Waals surface area contributed by atoms with Crippen molar-refractivity contribution in [3.05, 3.63) is 23.8 Å². The van der Waals surface area contributed by atoms with E-state index >= 15 is 0 Å². The first-order valence-corrected chi connectivity index (χ1v) is 7.20. The molecule has 1 aliphatic heterocycles. The highest BCUT2D eigenvalue weighted by Crippen LogP contribution is 2.27. The molecule has 0 spiro atoms. The first-order chi connectivity index (χ1) is 9.65. The van der Waals surface area contributed by atoms with Crippen LogP contribution in [0.25, 0.3) is 0 Å². The zero-order chi connectivity index (χ0) is 14.5. The SMILES string of the molecule is COc1ccc(/C=N\N2[C@H](C)CCC[C@H]2C)cc1OC. The van der Waals surface area contributed by atoms with Crippen LogP contribution in [-0.2, 0) is 0 Å². The quantitative estimate of drug-likeness (QED) is 0.791. The Morgan fingerprint density at radius 1 is 1.10 bits per heavy atom. The Balaban J connectivity index is 2.14. The summed E-state index contributed by atoms with van der Waals surface area (Å²) in [4.78, 5) is 0. The second-order valence-corrected chi connectivity index (χ2v) is 5.37. The zero-order valence-electron chi connectivity index (χ0n) is 12.8. The van der Waals surface area contributed by atoms with Gasteiger partial charge in [-0.2, -0.15) is 5.10 Å². The predicted molar refractivity (Wildman–Crippen MR) is 81.8 cm³/mol. The van der Waals surface area contributed by atoms with Crippen LogP contribution in [0, 0.1) is 0 Å². The van der Waals surface area contributed by atoms with E-state index in [-0.39, 0.29) is 0 Å². The van der Waals surface area contributed by atoms with Crippen LogP contribution < -0.4 is 9.47 Å². The molecular formula is C16H24N2O2. The van der Waals surface area contributed by atoms with Gasteiger partial charge in [-0.3, -0.25) is 5.01 Å². The van der Waals surface area contributed by atoms with E-state index in [0.717, 1.165) is 17.1 Å². The van der Waals surface area contributed by atoms with Gasteiger partial charge in [0.15, 0.2) is 11.5 Å². The molecule has 110 valence electrons. The fourth-order valence-corrected chi connectivity index (χ4v) is 2.70. The van der Waals surface area contributed by atoms with Crippen molar-refractivity contribution >= 4 is 6.21 Å². The van der Waals surface area contributed by atoms with Gasteiger partial charge in [-0.25, -0.2) is 0 Å². The molecule has 0 saturated carbocycles. The van der Waals surface area contributed by atoms with E-state index in [9.17, 15) is 0 Å². The molecular weight excluding hydrogens is 252 g/mol. The van der Waals surface area contributed by atoms with Crippen molar-refractivity contribution in [3.63, 3.8) is 0 Å². The van der Waals surface area contributed by atoms with Crippen LogP contribution in [0.15, 0.2) is 23.3 Å². The Hall–Kier alpha value is -1.71. The molecule has 2 rings (SSSR count). The standard InChI is InChI=1S/C16H24N2O2/c1-12-6-5-7-13(2)18(12)17-11-14-8-9-15(19-3)16(10-14)20-4/h8-13H,5-7H2,1-4H3/b17-11-/t12-,13-/m1/s1. The van der Waals surface area contributed by atoms with Gasteiger partial charge in [-0.1, -0.05) is 0 Å². The number of hydrazone groups is 1. The van der Waals surface area contributed by atoms with Gasteiger partial charge >= 0.3 is 0 Å². The molecule has 4 heteroatoms. The lowest BCUT2D eigenvalue weighted by molar-refractivity contribution is 0.109. The van der Waals surface area contributed by atoms with Crippen LogP contribution in [-0.4, -0.2) is 37.5 Å². The highest BCUT2D eigenvalue weighted by Gasteiger charge is 2.22. The van der Waals surface area contributed by atoms with Crippen molar-refractivity contribution in [3.8, 4) is 11.5 Å². The van der Waals surface area contributed by atoms with Gasteiger partial charge in [0.2, 0.25) is 0 Å². The first-order valence-electron chi connectivity index (χ1n) is 7.20. The minimum atomic E-state index is 0.509. The lowest BCUT2D eigenvalue weighted by Crippen LogP contribution is -2.39. The maximum Gasteiger partial charge on any atom is 0.161 e. The predicted octanol–water partition coefficient (Wildman–Crippen LogP) is 3.30. The normalized spacial score (nSPS) is 23.1. The van der Waals surface area contributed by atoms with Crippen LogP contribution in [0.4, 0.5) is 0 Å². The third kappa shape index (κ3) is 3.24. The number of methoxy groups -OCH3 is 2. The second kappa shape index (κ2) is 6.64. The molecule has 1 aliphatic rings. The molecule has 1 fully saturated rings. The van der Waals surface area contributed by atoms with Crippen molar-refractivity contribution in [2.24, 2.45) is 5.10 Å². The summed E-state index contributed by atoms with van der Waals surface area (Å²) in [6, 6.07) is 6.86. The van der Waals surface area contributed by atoms with Crippen LogP contribution in [0.2, 0.25) is 0 Å². The molecule has 0 N–H and O–H groups in total. The summed E-state index contributed by atoms with van der Waals surface area (Å²) in [7, 11) is 3.29. The second-order valence-electron chi connectivity index (χ2n) is 5.37. The minimum Gasteiger partial charge on any atom is -0.493 e. The van der Waals surface area contributed by atoms with Gasteiger partial charge in [0, 0.05) is 12.1 Å². The number of hydrogen-bond acceptors (Lipinski definition) is 4. The molecule has 20 heavy (non-hydrogen) atoms. The number of ether oxygens (including phenoxy) is 2. The van der Waals surface area contributed by atoms with E-state index in [2.05, 4.69) is 24.0 Å². The summed E-state index contributed by atoms with van der Waals surface area (Å²) in [6.45, 7) is 4.48.